The fraction of sp³-hybridized carbons (Fsp3) is 0.636. The number of carbonyl (C=O) groups is 2. The molecule has 3 aliphatic heterocycles. The van der Waals surface area contributed by atoms with E-state index in [1.165, 1.54) is 5.56 Å². The van der Waals surface area contributed by atoms with Gasteiger partial charge in [0.2, 0.25) is 11.8 Å². The van der Waals surface area contributed by atoms with Crippen LogP contribution in [0.4, 0.5) is 0 Å². The van der Waals surface area contributed by atoms with Crippen LogP contribution >= 0.6 is 0 Å². The Balaban J connectivity index is 1.63. The lowest BCUT2D eigenvalue weighted by molar-refractivity contribution is -0.139. The Hall–Kier alpha value is -1.88. The number of amides is 2. The van der Waals surface area contributed by atoms with Crippen molar-refractivity contribution < 1.29 is 9.59 Å². The van der Waals surface area contributed by atoms with Crippen LogP contribution in [-0.2, 0) is 15.0 Å². The molecular formula is C22H31N3O2. The van der Waals surface area contributed by atoms with E-state index >= 15 is 0 Å². The molecule has 0 aliphatic carbocycles. The minimum absolute atomic E-state index is 0.215. The van der Waals surface area contributed by atoms with Crippen LogP contribution in [0.1, 0.15) is 44.2 Å². The largest absolute Gasteiger partial charge is 0.339 e. The summed E-state index contributed by atoms with van der Waals surface area (Å²) in [5, 5.41) is 0. The zero-order valence-corrected chi connectivity index (χ0v) is 16.8. The van der Waals surface area contributed by atoms with Gasteiger partial charge in [0.05, 0.1) is 5.41 Å². The summed E-state index contributed by atoms with van der Waals surface area (Å²) in [6.45, 7) is 10.5. The van der Waals surface area contributed by atoms with Crippen LogP contribution in [-0.4, -0.2) is 71.3 Å². The summed E-state index contributed by atoms with van der Waals surface area (Å²) >= 11 is 0. The van der Waals surface area contributed by atoms with Crippen molar-refractivity contribution in [1.29, 1.82) is 0 Å². The molecule has 5 nitrogen and oxygen atoms in total. The maximum absolute atomic E-state index is 13.8. The van der Waals surface area contributed by atoms with Gasteiger partial charge >= 0.3 is 0 Å². The van der Waals surface area contributed by atoms with Crippen LogP contribution in [0, 0.1) is 6.92 Å². The van der Waals surface area contributed by atoms with E-state index in [0.29, 0.717) is 19.0 Å². The van der Waals surface area contributed by atoms with Gasteiger partial charge in [-0.2, -0.15) is 0 Å². The van der Waals surface area contributed by atoms with Crippen LogP contribution in [0.15, 0.2) is 24.3 Å². The molecule has 3 saturated heterocycles. The summed E-state index contributed by atoms with van der Waals surface area (Å²) in [7, 11) is 0. The molecule has 146 valence electrons. The summed E-state index contributed by atoms with van der Waals surface area (Å²) in [6.07, 6.45) is 2.29. The fourth-order valence-electron chi connectivity index (χ4n) is 5.15. The molecule has 2 unspecified atom stereocenters. The number of hydrogen-bond acceptors (Lipinski definition) is 3. The highest BCUT2D eigenvalue weighted by atomic mass is 16.2. The molecule has 5 heteroatoms. The minimum Gasteiger partial charge on any atom is -0.339 e. The molecule has 3 heterocycles. The van der Waals surface area contributed by atoms with Crippen molar-refractivity contribution in [2.75, 3.05) is 32.7 Å². The molecule has 0 bridgehead atoms. The molecule has 0 saturated carbocycles. The van der Waals surface area contributed by atoms with Gasteiger partial charge in [0.25, 0.3) is 0 Å². The fourth-order valence-corrected chi connectivity index (χ4v) is 5.15. The van der Waals surface area contributed by atoms with Crippen molar-refractivity contribution in [3.8, 4) is 0 Å². The van der Waals surface area contributed by atoms with Gasteiger partial charge in [-0.05, 0) is 39.2 Å². The van der Waals surface area contributed by atoms with Crippen LogP contribution in [0.25, 0.3) is 0 Å². The van der Waals surface area contributed by atoms with Crippen LogP contribution < -0.4 is 0 Å². The second-order valence-corrected chi connectivity index (χ2v) is 8.79. The van der Waals surface area contributed by atoms with E-state index in [4.69, 9.17) is 0 Å². The third-order valence-electron chi connectivity index (χ3n) is 6.79. The lowest BCUT2D eigenvalue weighted by Gasteiger charge is -2.41. The predicted molar refractivity (Wildman–Crippen MR) is 105 cm³/mol. The normalized spacial score (nSPS) is 28.9. The Kier molecular flexibility index (Phi) is 4.75. The van der Waals surface area contributed by atoms with E-state index in [-0.39, 0.29) is 17.9 Å². The average molecular weight is 370 g/mol. The number of rotatable bonds is 3. The molecule has 1 aromatic rings. The molecule has 0 aromatic heterocycles. The van der Waals surface area contributed by atoms with Gasteiger partial charge in [-0.25, -0.2) is 0 Å². The summed E-state index contributed by atoms with van der Waals surface area (Å²) in [6, 6.07) is 9.09. The van der Waals surface area contributed by atoms with Crippen LogP contribution in [0.5, 0.6) is 0 Å². The Labute approximate surface area is 162 Å². The topological polar surface area (TPSA) is 43.9 Å². The van der Waals surface area contributed by atoms with Crippen molar-refractivity contribution in [2.45, 2.75) is 57.5 Å². The highest BCUT2D eigenvalue weighted by Crippen LogP contribution is 2.44. The average Bonchev–Trinajstić information content (AvgIpc) is 3.21. The molecule has 2 amide bonds. The van der Waals surface area contributed by atoms with Gasteiger partial charge < -0.3 is 9.80 Å². The van der Waals surface area contributed by atoms with E-state index in [0.717, 1.165) is 44.6 Å². The number of piperazine rings is 1. The van der Waals surface area contributed by atoms with Gasteiger partial charge in [-0.1, -0.05) is 29.8 Å². The van der Waals surface area contributed by atoms with Gasteiger partial charge in [-0.3, -0.25) is 14.5 Å². The number of hydrogen-bond donors (Lipinski definition) is 0. The van der Waals surface area contributed by atoms with Crippen LogP contribution in [0.3, 0.4) is 0 Å². The third kappa shape index (κ3) is 3.16. The van der Waals surface area contributed by atoms with Gasteiger partial charge in [0.1, 0.15) is 0 Å². The Morgan fingerprint density at radius 2 is 1.93 bits per heavy atom. The summed E-state index contributed by atoms with van der Waals surface area (Å²) < 4.78 is 0. The van der Waals surface area contributed by atoms with Crippen molar-refractivity contribution in [3.63, 3.8) is 0 Å². The SMILES string of the molecule is Cc1cccc(C2(C(=O)N3CCN(C(C)C)CC3)CC3CCC(=O)N3C2)c1. The quantitative estimate of drug-likeness (QED) is 0.820. The molecule has 3 aliphatic rings. The number of fused-ring (bicyclic) bond motifs is 1. The lowest BCUT2D eigenvalue weighted by Crippen LogP contribution is -2.56. The number of benzene rings is 1. The number of carbonyl (C=O) groups excluding carboxylic acids is 2. The molecule has 4 rings (SSSR count). The van der Waals surface area contributed by atoms with Gasteiger partial charge in [0, 0.05) is 51.2 Å². The summed E-state index contributed by atoms with van der Waals surface area (Å²) in [5.41, 5.74) is 1.68. The first-order chi connectivity index (χ1) is 12.9. The second-order valence-electron chi connectivity index (χ2n) is 8.79. The Morgan fingerprint density at radius 3 is 2.56 bits per heavy atom. The van der Waals surface area contributed by atoms with E-state index < -0.39 is 5.41 Å². The monoisotopic (exact) mass is 369 g/mol. The zero-order valence-electron chi connectivity index (χ0n) is 16.8. The van der Waals surface area contributed by atoms with Crippen molar-refractivity contribution >= 4 is 11.8 Å². The highest BCUT2D eigenvalue weighted by Gasteiger charge is 2.55. The lowest BCUT2D eigenvalue weighted by atomic mass is 9.76. The Morgan fingerprint density at radius 1 is 1.19 bits per heavy atom. The smallest absolute Gasteiger partial charge is 0.235 e. The van der Waals surface area contributed by atoms with Crippen molar-refractivity contribution in [3.05, 3.63) is 35.4 Å². The molecule has 3 fully saturated rings. The minimum atomic E-state index is -0.577. The maximum atomic E-state index is 13.8. The third-order valence-corrected chi connectivity index (χ3v) is 6.79. The summed E-state index contributed by atoms with van der Waals surface area (Å²) in [4.78, 5) is 32.6. The maximum Gasteiger partial charge on any atom is 0.235 e. The predicted octanol–water partition coefficient (Wildman–Crippen LogP) is 2.18. The summed E-state index contributed by atoms with van der Waals surface area (Å²) in [5.74, 6) is 0.436. The zero-order chi connectivity index (χ0) is 19.2. The first kappa shape index (κ1) is 18.5. The standard InChI is InChI=1S/C22H31N3O2/c1-16(2)23-9-11-24(12-10-23)21(27)22(18-6-4-5-17(3)13-18)14-19-7-8-20(26)25(19)15-22/h4-6,13,16,19H,7-12,14-15H2,1-3H3. The van der Waals surface area contributed by atoms with Gasteiger partial charge in [0.15, 0.2) is 0 Å². The van der Waals surface area contributed by atoms with E-state index in [1.807, 2.05) is 15.9 Å². The van der Waals surface area contributed by atoms with Gasteiger partial charge in [-0.15, -0.1) is 0 Å². The van der Waals surface area contributed by atoms with Crippen LogP contribution in [0.2, 0.25) is 0 Å². The van der Waals surface area contributed by atoms with Crippen molar-refractivity contribution in [1.82, 2.24) is 14.7 Å². The highest BCUT2D eigenvalue weighted by molar-refractivity contribution is 5.91. The van der Waals surface area contributed by atoms with E-state index in [1.54, 1.807) is 0 Å². The number of aryl methyl sites for hydroxylation is 1. The van der Waals surface area contributed by atoms with E-state index in [2.05, 4.69) is 43.9 Å². The second kappa shape index (κ2) is 6.93. The number of nitrogens with zero attached hydrogens (tertiary/aromatic N) is 3. The molecule has 0 radical (unpaired) electrons. The first-order valence-corrected chi connectivity index (χ1v) is 10.3. The first-order valence-electron chi connectivity index (χ1n) is 10.3. The molecule has 0 spiro atoms. The van der Waals surface area contributed by atoms with E-state index in [9.17, 15) is 9.59 Å². The molecular weight excluding hydrogens is 338 g/mol. The van der Waals surface area contributed by atoms with Crippen molar-refractivity contribution in [2.24, 2.45) is 0 Å². The molecule has 1 aromatic carbocycles. The molecule has 27 heavy (non-hydrogen) atoms. The Bertz CT molecular complexity index is 739. The molecule has 0 N–H and O–H groups in total. The molecule has 2 atom stereocenters.